The molecule has 0 radical (unpaired) electrons. The minimum atomic E-state index is -0.928. The van der Waals surface area contributed by atoms with E-state index >= 15 is 0 Å². The van der Waals surface area contributed by atoms with Gasteiger partial charge in [-0.2, -0.15) is 0 Å². The van der Waals surface area contributed by atoms with E-state index in [0.29, 0.717) is 11.4 Å². The van der Waals surface area contributed by atoms with E-state index in [0.717, 1.165) is 21.8 Å². The van der Waals surface area contributed by atoms with Crippen molar-refractivity contribution in [1.82, 2.24) is 5.32 Å². The smallest absolute Gasteiger partial charge is 0.436 e. The highest BCUT2D eigenvalue weighted by molar-refractivity contribution is 7.99. The first-order chi connectivity index (χ1) is 15.4. The summed E-state index contributed by atoms with van der Waals surface area (Å²) in [5, 5.41) is 7.95. The average Bonchev–Trinajstić information content (AvgIpc) is 2.80. The van der Waals surface area contributed by atoms with E-state index in [1.165, 1.54) is 18.9 Å². The molecule has 3 N–H and O–H groups in total. The van der Waals surface area contributed by atoms with Gasteiger partial charge in [-0.25, -0.2) is 9.59 Å². The third-order valence-electron chi connectivity index (χ3n) is 3.92. The number of hydrogen-bond acceptors (Lipinski definition) is 7. The topological polar surface area (TPSA) is 118 Å². The molecule has 32 heavy (non-hydrogen) atoms. The monoisotopic (exact) mass is 476 g/mol. The van der Waals surface area contributed by atoms with Gasteiger partial charge in [-0.1, -0.05) is 18.7 Å². The van der Waals surface area contributed by atoms with Gasteiger partial charge in [-0.3, -0.25) is 10.1 Å². The molecule has 0 fully saturated rings. The van der Waals surface area contributed by atoms with E-state index in [-0.39, 0.29) is 18.3 Å². The first-order valence-electron chi connectivity index (χ1n) is 9.43. The Morgan fingerprint density at radius 1 is 0.906 bits per heavy atom. The Labute approximate surface area is 194 Å². The van der Waals surface area contributed by atoms with Crippen LogP contribution in [0.15, 0.2) is 62.1 Å². The Kier molecular flexibility index (Phi) is 9.89. The van der Waals surface area contributed by atoms with Crippen molar-refractivity contribution in [3.63, 3.8) is 0 Å². The van der Waals surface area contributed by atoms with E-state index in [1.807, 2.05) is 36.6 Å². The van der Waals surface area contributed by atoms with Crippen LogP contribution in [0.25, 0.3) is 0 Å². The summed E-state index contributed by atoms with van der Waals surface area (Å²) in [4.78, 5) is 42.0. The molecule has 0 aliphatic rings. The lowest BCUT2D eigenvalue weighted by Gasteiger charge is -2.16. The fourth-order valence-electron chi connectivity index (χ4n) is 2.32. The summed E-state index contributed by atoms with van der Waals surface area (Å²) < 4.78 is 9.10. The van der Waals surface area contributed by atoms with Gasteiger partial charge in [0.05, 0.1) is 25.6 Å². The Hall–Kier alpha value is -3.18. The first-order valence-corrected chi connectivity index (χ1v) is 11.5. The van der Waals surface area contributed by atoms with Crippen LogP contribution in [0.1, 0.15) is 13.3 Å². The summed E-state index contributed by atoms with van der Waals surface area (Å²) in [7, 11) is 2.34. The molecule has 0 saturated heterocycles. The van der Waals surface area contributed by atoms with Crippen LogP contribution in [-0.4, -0.2) is 44.5 Å². The number of alkyl carbamates (subject to hydrolysis) is 1. The number of anilines is 2. The van der Waals surface area contributed by atoms with Crippen molar-refractivity contribution < 1.29 is 23.9 Å². The third kappa shape index (κ3) is 7.82. The van der Waals surface area contributed by atoms with Gasteiger partial charge in [0.15, 0.2) is 0 Å². The number of guanidine groups is 1. The van der Waals surface area contributed by atoms with Crippen LogP contribution in [0.5, 0.6) is 0 Å². The lowest BCUT2D eigenvalue weighted by atomic mass is 10.2. The first kappa shape index (κ1) is 25.1. The summed E-state index contributed by atoms with van der Waals surface area (Å²) >= 11 is 3.17. The Balaban J connectivity index is 2.38. The minimum Gasteiger partial charge on any atom is -0.453 e. The van der Waals surface area contributed by atoms with Gasteiger partial charge in [0.25, 0.3) is 0 Å². The van der Waals surface area contributed by atoms with Crippen LogP contribution in [0.3, 0.4) is 0 Å². The molecule has 0 aliphatic carbocycles. The van der Waals surface area contributed by atoms with Crippen molar-refractivity contribution in [3.8, 4) is 0 Å². The lowest BCUT2D eigenvalue weighted by Crippen LogP contribution is -2.36. The number of thioether (sulfide) groups is 1. The molecule has 0 heterocycles. The van der Waals surface area contributed by atoms with Gasteiger partial charge in [0, 0.05) is 21.1 Å². The largest absolute Gasteiger partial charge is 0.453 e. The van der Waals surface area contributed by atoms with Crippen molar-refractivity contribution in [2.45, 2.75) is 28.0 Å². The van der Waals surface area contributed by atoms with Crippen LogP contribution < -0.4 is 16.0 Å². The van der Waals surface area contributed by atoms with Crippen LogP contribution in [0.2, 0.25) is 0 Å². The molecule has 2 aromatic carbocycles. The maximum atomic E-state index is 12.0. The molecule has 9 nitrogen and oxygen atoms in total. The average molecular weight is 477 g/mol. The number of hydrogen-bond donors (Lipinski definition) is 3. The summed E-state index contributed by atoms with van der Waals surface area (Å²) in [5.41, 5.74) is 0.861. The van der Waals surface area contributed by atoms with E-state index in [4.69, 9.17) is 0 Å². The van der Waals surface area contributed by atoms with Crippen molar-refractivity contribution >= 4 is 59.0 Å². The van der Waals surface area contributed by atoms with Gasteiger partial charge in [-0.05, 0) is 48.7 Å². The molecule has 0 bridgehead atoms. The van der Waals surface area contributed by atoms with Crippen LogP contribution in [0, 0.1) is 0 Å². The van der Waals surface area contributed by atoms with Gasteiger partial charge in [0.2, 0.25) is 11.9 Å². The number of benzene rings is 2. The summed E-state index contributed by atoms with van der Waals surface area (Å²) in [6, 6.07) is 13.4. The highest BCUT2D eigenvalue weighted by Crippen LogP contribution is 2.34. The number of methoxy groups -OCH3 is 2. The van der Waals surface area contributed by atoms with Crippen molar-refractivity contribution in [3.05, 3.63) is 42.5 Å². The summed E-state index contributed by atoms with van der Waals surface area (Å²) in [6.45, 7) is 1.73. The molecule has 0 saturated carbocycles. The zero-order chi connectivity index (χ0) is 23.5. The van der Waals surface area contributed by atoms with E-state index in [9.17, 15) is 14.4 Å². The molecule has 11 heteroatoms. The molecule has 3 amide bonds. The fraction of sp³-hybridized carbons (Fsp3) is 0.238. The second-order valence-corrected chi connectivity index (χ2v) is 8.09. The van der Waals surface area contributed by atoms with Crippen molar-refractivity contribution in [2.24, 2.45) is 4.99 Å². The highest BCUT2D eigenvalue weighted by atomic mass is 32.2. The minimum absolute atomic E-state index is 0.200. The molecule has 2 rings (SSSR count). The molecule has 2 aromatic rings. The molecule has 0 spiro atoms. The highest BCUT2D eigenvalue weighted by Gasteiger charge is 2.14. The molecular formula is C21H24N4O5S2. The quantitative estimate of drug-likeness (QED) is 0.309. The van der Waals surface area contributed by atoms with Crippen molar-refractivity contribution in [2.75, 3.05) is 31.1 Å². The summed E-state index contributed by atoms with van der Waals surface area (Å²) in [6.07, 6.45) is 0.529. The predicted octanol–water partition coefficient (Wildman–Crippen LogP) is 4.80. The van der Waals surface area contributed by atoms with Gasteiger partial charge >= 0.3 is 12.2 Å². The Bertz CT molecular complexity index is 996. The van der Waals surface area contributed by atoms with E-state index < -0.39 is 12.2 Å². The second-order valence-electron chi connectivity index (χ2n) is 6.06. The maximum Gasteiger partial charge on any atom is 0.436 e. The molecule has 170 valence electrons. The van der Waals surface area contributed by atoms with Gasteiger partial charge < -0.3 is 20.1 Å². The van der Waals surface area contributed by atoms with E-state index in [2.05, 4.69) is 30.4 Å². The van der Waals surface area contributed by atoms with Gasteiger partial charge in [-0.15, -0.1) is 16.8 Å². The maximum absolute atomic E-state index is 12.0. The number of nitrogens with one attached hydrogen (secondary N) is 3. The fourth-order valence-corrected chi connectivity index (χ4v) is 3.58. The number of rotatable bonds is 6. The van der Waals surface area contributed by atoms with Crippen LogP contribution in [-0.2, 0) is 14.3 Å². The predicted molar refractivity (Wildman–Crippen MR) is 127 cm³/mol. The Morgan fingerprint density at radius 2 is 1.56 bits per heavy atom. The molecule has 0 aliphatic heterocycles. The lowest BCUT2D eigenvalue weighted by molar-refractivity contribution is -0.115. The van der Waals surface area contributed by atoms with Crippen LogP contribution in [0.4, 0.5) is 21.0 Å². The number of nitrogens with zero attached hydrogens (tertiary/aromatic N) is 1. The standard InChI is InChI=1S/C21H24N4O5S2/c1-5-18(26)22-16-11-10-15(32-14-8-6-13(31-4)7-9-14)12-17(16)23-19(24-20(27)29-2)25-21(28)30-3/h6-12H,5H2,1-4H3,(H,22,26)(H2,23,24,25,27,28). The second kappa shape index (κ2) is 12.6. The molecular weight excluding hydrogens is 452 g/mol. The molecule has 0 atom stereocenters. The molecule has 0 unspecified atom stereocenters. The summed E-state index contributed by atoms with van der Waals surface area (Å²) in [5.74, 6) is -0.421. The van der Waals surface area contributed by atoms with E-state index in [1.54, 1.807) is 30.8 Å². The SMILES string of the molecule is CCC(=O)Nc1ccc(Sc2ccc(SC)cc2)cc1NC(=NC(=O)OC)NC(=O)OC. The normalized spacial score (nSPS) is 10.8. The van der Waals surface area contributed by atoms with Gasteiger partial charge in [0.1, 0.15) is 0 Å². The third-order valence-corrected chi connectivity index (χ3v) is 5.66. The Morgan fingerprint density at radius 3 is 2.16 bits per heavy atom. The van der Waals surface area contributed by atoms with Crippen LogP contribution >= 0.6 is 23.5 Å². The zero-order valence-corrected chi connectivity index (χ0v) is 19.7. The number of ether oxygens (including phenoxy) is 2. The number of carbonyl (C=O) groups is 3. The van der Waals surface area contributed by atoms with Crippen molar-refractivity contribution in [1.29, 1.82) is 0 Å². The molecule has 0 aromatic heterocycles. The number of carbonyl (C=O) groups excluding carboxylic acids is 3. The number of amides is 3. The zero-order valence-electron chi connectivity index (χ0n) is 18.1. The number of aliphatic imine (C=N–C) groups is 1.